The van der Waals surface area contributed by atoms with E-state index in [1.54, 1.807) is 7.11 Å². The van der Waals surface area contributed by atoms with Crippen LogP contribution >= 0.6 is 11.3 Å². The van der Waals surface area contributed by atoms with Gasteiger partial charge in [0.2, 0.25) is 0 Å². The largest absolute Gasteiger partial charge is 0.497 e. The average Bonchev–Trinajstić information content (AvgIpc) is 3.13. The van der Waals surface area contributed by atoms with Crippen molar-refractivity contribution in [3.8, 4) is 16.2 Å². The summed E-state index contributed by atoms with van der Waals surface area (Å²) in [5.41, 5.74) is 2.75. The second-order valence-corrected chi connectivity index (χ2v) is 7.31. The number of fused-ring (bicyclic) bond motifs is 1. The summed E-state index contributed by atoms with van der Waals surface area (Å²) < 4.78 is 5.85. The van der Waals surface area contributed by atoms with Gasteiger partial charge in [0.05, 0.1) is 19.2 Å². The molecule has 0 aliphatic rings. The highest BCUT2D eigenvalue weighted by Gasteiger charge is 2.12. The van der Waals surface area contributed by atoms with E-state index in [9.17, 15) is 4.79 Å². The van der Waals surface area contributed by atoms with Crippen molar-refractivity contribution < 1.29 is 4.74 Å². The first-order valence-electron chi connectivity index (χ1n) is 8.57. The second kappa shape index (κ2) is 7.25. The van der Waals surface area contributed by atoms with Gasteiger partial charge in [-0.1, -0.05) is 18.2 Å². The summed E-state index contributed by atoms with van der Waals surface area (Å²) in [6.07, 6.45) is 0. The summed E-state index contributed by atoms with van der Waals surface area (Å²) in [5, 5.41) is 0. The Balaban J connectivity index is 1.66. The first kappa shape index (κ1) is 17.3. The molecule has 0 aliphatic carbocycles. The molecule has 4 rings (SSSR count). The zero-order valence-electron chi connectivity index (χ0n) is 15.1. The number of nitrogens with one attached hydrogen (secondary N) is 1. The Labute approximate surface area is 160 Å². The number of para-hydroxylation sites is 1. The molecule has 6 heteroatoms. The number of rotatable bonds is 5. The van der Waals surface area contributed by atoms with Crippen LogP contribution in [0.3, 0.4) is 0 Å². The molecule has 0 fully saturated rings. The van der Waals surface area contributed by atoms with Crippen LogP contribution in [0.2, 0.25) is 0 Å². The minimum absolute atomic E-state index is 0.0961. The molecule has 2 heterocycles. The molecule has 136 valence electrons. The molecule has 0 aliphatic heterocycles. The van der Waals surface area contributed by atoms with Gasteiger partial charge in [-0.25, -0.2) is 4.98 Å². The Morgan fingerprint density at radius 1 is 1.11 bits per heavy atom. The van der Waals surface area contributed by atoms with E-state index in [0.717, 1.165) is 27.4 Å². The lowest BCUT2D eigenvalue weighted by atomic mass is 10.2. The monoisotopic (exact) mass is 377 g/mol. The number of ether oxygens (including phenoxy) is 1. The minimum Gasteiger partial charge on any atom is -0.497 e. The maximum Gasteiger partial charge on any atom is 0.268 e. The molecule has 1 N–H and O–H groups in total. The molecule has 0 spiro atoms. The van der Waals surface area contributed by atoms with Gasteiger partial charge < -0.3 is 14.6 Å². The lowest BCUT2D eigenvalue weighted by Crippen LogP contribution is -2.21. The van der Waals surface area contributed by atoms with Gasteiger partial charge in [0, 0.05) is 17.6 Å². The fourth-order valence-electron chi connectivity index (χ4n) is 2.96. The zero-order chi connectivity index (χ0) is 18.8. The number of anilines is 1. The highest BCUT2D eigenvalue weighted by molar-refractivity contribution is 7.22. The molecular weight excluding hydrogens is 358 g/mol. The summed E-state index contributed by atoms with van der Waals surface area (Å²) in [6, 6.07) is 19.8. The van der Waals surface area contributed by atoms with Crippen LogP contribution in [0.5, 0.6) is 5.75 Å². The van der Waals surface area contributed by atoms with Gasteiger partial charge in [-0.3, -0.25) is 4.79 Å². The fourth-order valence-corrected chi connectivity index (χ4v) is 3.96. The van der Waals surface area contributed by atoms with Crippen LogP contribution in [0, 0.1) is 0 Å². The standard InChI is InChI=1S/C21H19N3O2S/c1-24(15-6-4-3-5-7-15)13-19-22-17-12-18(27-20(17)21(25)23-19)14-8-10-16(26-2)11-9-14/h3-12H,13H2,1-2H3,(H,22,23,25). The summed E-state index contributed by atoms with van der Waals surface area (Å²) in [5.74, 6) is 1.46. The number of methoxy groups -OCH3 is 1. The van der Waals surface area contributed by atoms with E-state index in [2.05, 4.69) is 14.9 Å². The first-order valence-corrected chi connectivity index (χ1v) is 9.39. The number of hydrogen-bond donors (Lipinski definition) is 1. The molecule has 0 radical (unpaired) electrons. The van der Waals surface area contributed by atoms with Gasteiger partial charge in [0.15, 0.2) is 0 Å². The molecule has 0 bridgehead atoms. The van der Waals surface area contributed by atoms with E-state index in [1.165, 1.54) is 11.3 Å². The molecule has 5 nitrogen and oxygen atoms in total. The van der Waals surface area contributed by atoms with Crippen molar-refractivity contribution in [2.75, 3.05) is 19.1 Å². The maximum atomic E-state index is 12.5. The maximum absolute atomic E-state index is 12.5. The van der Waals surface area contributed by atoms with Gasteiger partial charge in [-0.2, -0.15) is 0 Å². The molecule has 0 saturated carbocycles. The third-order valence-corrected chi connectivity index (χ3v) is 5.56. The van der Waals surface area contributed by atoms with Gasteiger partial charge in [0.1, 0.15) is 16.3 Å². The molecule has 0 amide bonds. The van der Waals surface area contributed by atoms with E-state index in [0.29, 0.717) is 17.1 Å². The summed E-state index contributed by atoms with van der Waals surface area (Å²) in [4.78, 5) is 23.2. The topological polar surface area (TPSA) is 58.2 Å². The van der Waals surface area contributed by atoms with Crippen LogP contribution in [0.25, 0.3) is 20.7 Å². The van der Waals surface area contributed by atoms with Gasteiger partial charge in [-0.05, 0) is 48.0 Å². The van der Waals surface area contributed by atoms with E-state index in [-0.39, 0.29) is 5.56 Å². The van der Waals surface area contributed by atoms with E-state index < -0.39 is 0 Å². The van der Waals surface area contributed by atoms with Crippen molar-refractivity contribution >= 4 is 27.2 Å². The van der Waals surface area contributed by atoms with Crippen molar-refractivity contribution in [3.05, 3.63) is 76.8 Å². The molecule has 0 unspecified atom stereocenters. The van der Waals surface area contributed by atoms with Crippen LogP contribution in [0.1, 0.15) is 5.82 Å². The van der Waals surface area contributed by atoms with Gasteiger partial charge >= 0.3 is 0 Å². The normalized spacial score (nSPS) is 10.9. The quantitative estimate of drug-likeness (QED) is 0.563. The molecule has 4 aromatic rings. The van der Waals surface area contributed by atoms with Crippen LogP contribution in [0.15, 0.2) is 65.5 Å². The number of benzene rings is 2. The van der Waals surface area contributed by atoms with Crippen LogP contribution in [-0.2, 0) is 6.54 Å². The molecule has 2 aromatic heterocycles. The fraction of sp³-hybridized carbons (Fsp3) is 0.143. The Morgan fingerprint density at radius 3 is 2.56 bits per heavy atom. The minimum atomic E-state index is -0.0961. The highest BCUT2D eigenvalue weighted by atomic mass is 32.1. The number of thiophene rings is 1. The number of hydrogen-bond acceptors (Lipinski definition) is 5. The number of aromatic amines is 1. The predicted molar refractivity (Wildman–Crippen MR) is 111 cm³/mol. The van der Waals surface area contributed by atoms with Crippen molar-refractivity contribution in [1.29, 1.82) is 0 Å². The summed E-state index contributed by atoms with van der Waals surface area (Å²) in [6.45, 7) is 0.531. The summed E-state index contributed by atoms with van der Waals surface area (Å²) in [7, 11) is 3.63. The third-order valence-electron chi connectivity index (χ3n) is 4.39. The highest BCUT2D eigenvalue weighted by Crippen LogP contribution is 2.31. The van der Waals surface area contributed by atoms with E-state index in [4.69, 9.17) is 4.74 Å². The van der Waals surface area contributed by atoms with Crippen molar-refractivity contribution in [2.45, 2.75) is 6.54 Å². The first-order chi connectivity index (χ1) is 13.1. The van der Waals surface area contributed by atoms with Crippen LogP contribution in [0.4, 0.5) is 5.69 Å². The molecule has 2 aromatic carbocycles. The molecule has 0 saturated heterocycles. The van der Waals surface area contributed by atoms with Crippen molar-refractivity contribution in [1.82, 2.24) is 9.97 Å². The Bertz CT molecular complexity index is 1120. The van der Waals surface area contributed by atoms with Crippen LogP contribution < -0.4 is 15.2 Å². The number of H-pyrrole nitrogens is 1. The number of nitrogens with zero attached hydrogens (tertiary/aromatic N) is 2. The SMILES string of the molecule is COc1ccc(-c2cc3nc(CN(C)c4ccccc4)[nH]c(=O)c3s2)cc1. The Morgan fingerprint density at radius 2 is 1.85 bits per heavy atom. The van der Waals surface area contributed by atoms with Gasteiger partial charge in [0.25, 0.3) is 5.56 Å². The van der Waals surface area contributed by atoms with E-state index in [1.807, 2.05) is 67.7 Å². The second-order valence-electron chi connectivity index (χ2n) is 6.26. The molecule has 0 atom stereocenters. The van der Waals surface area contributed by atoms with E-state index >= 15 is 0 Å². The third kappa shape index (κ3) is 3.57. The Kier molecular flexibility index (Phi) is 4.64. The number of aromatic nitrogens is 2. The predicted octanol–water partition coefficient (Wildman–Crippen LogP) is 4.30. The van der Waals surface area contributed by atoms with Crippen molar-refractivity contribution in [3.63, 3.8) is 0 Å². The lowest BCUT2D eigenvalue weighted by molar-refractivity contribution is 0.415. The van der Waals surface area contributed by atoms with Crippen LogP contribution in [-0.4, -0.2) is 24.1 Å². The average molecular weight is 377 g/mol. The Hall–Kier alpha value is -3.12. The lowest BCUT2D eigenvalue weighted by Gasteiger charge is -2.18. The molecule has 27 heavy (non-hydrogen) atoms. The zero-order valence-corrected chi connectivity index (χ0v) is 15.9. The molecular formula is C21H19N3O2S. The smallest absolute Gasteiger partial charge is 0.268 e. The van der Waals surface area contributed by atoms with Gasteiger partial charge in [-0.15, -0.1) is 11.3 Å². The van der Waals surface area contributed by atoms with Crippen molar-refractivity contribution in [2.24, 2.45) is 0 Å². The summed E-state index contributed by atoms with van der Waals surface area (Å²) >= 11 is 1.45.